The fourth-order valence-corrected chi connectivity index (χ4v) is 5.23. The van der Waals surface area contributed by atoms with Crippen LogP contribution in [0.15, 0.2) is 47.1 Å². The SMILES string of the molecule is COc1cc(C(C(=O)N2C[C@H](O)C[C@H]2c2ncc(C(=O)N3CCOC(c4ccccc4)C3)[nH]2)C(C)C)on1. The molecular weight excluding hydrogens is 490 g/mol. The Labute approximate surface area is 220 Å². The van der Waals surface area contributed by atoms with Crippen molar-refractivity contribution in [3.8, 4) is 5.88 Å². The van der Waals surface area contributed by atoms with Crippen LogP contribution in [0.1, 0.15) is 66.0 Å². The largest absolute Gasteiger partial charge is 0.479 e. The lowest BCUT2D eigenvalue weighted by atomic mass is 9.91. The molecule has 4 heterocycles. The molecule has 11 nitrogen and oxygen atoms in total. The topological polar surface area (TPSA) is 134 Å². The van der Waals surface area contributed by atoms with Gasteiger partial charge >= 0.3 is 0 Å². The number of carbonyl (C=O) groups is 2. The fourth-order valence-electron chi connectivity index (χ4n) is 5.23. The van der Waals surface area contributed by atoms with Crippen molar-refractivity contribution in [3.05, 3.63) is 65.4 Å². The van der Waals surface area contributed by atoms with Crippen molar-refractivity contribution in [2.75, 3.05) is 33.4 Å². The molecule has 0 bridgehead atoms. The minimum atomic E-state index is -0.712. The fraction of sp³-hybridized carbons (Fsp3) is 0.481. The Morgan fingerprint density at radius 3 is 2.71 bits per heavy atom. The molecule has 0 saturated carbocycles. The van der Waals surface area contributed by atoms with Crippen LogP contribution in [-0.2, 0) is 9.53 Å². The third kappa shape index (κ3) is 5.16. The zero-order chi connectivity index (χ0) is 26.8. The maximum absolute atomic E-state index is 13.7. The number of nitrogens with one attached hydrogen (secondary N) is 1. The second-order valence-electron chi connectivity index (χ2n) is 10.1. The van der Waals surface area contributed by atoms with Crippen LogP contribution in [0.4, 0.5) is 0 Å². The lowest BCUT2D eigenvalue weighted by Gasteiger charge is -2.33. The number of benzene rings is 1. The number of methoxy groups -OCH3 is 1. The molecule has 0 radical (unpaired) electrons. The lowest BCUT2D eigenvalue weighted by Crippen LogP contribution is -2.42. The minimum absolute atomic E-state index is 0.0915. The number of ether oxygens (including phenoxy) is 2. The number of imidazole rings is 1. The standard InChI is InChI=1S/C27H33N5O6/c1-16(2)24(21-12-23(36-3)30-38-21)27(35)32-14-18(33)11-20(32)25-28-13-19(29-25)26(34)31-9-10-37-22(15-31)17-7-5-4-6-8-17/h4-8,12-13,16,18,20,22,24,33H,9-11,14-15H2,1-3H3,(H,28,29)/t18-,20+,22?,24?/m1/s1. The Balaban J connectivity index is 1.33. The van der Waals surface area contributed by atoms with E-state index in [4.69, 9.17) is 14.0 Å². The number of aromatic amines is 1. The van der Waals surface area contributed by atoms with Gasteiger partial charge in [-0.05, 0) is 16.6 Å². The Hall–Kier alpha value is -3.70. The molecule has 11 heteroatoms. The number of aromatic nitrogens is 3. The van der Waals surface area contributed by atoms with E-state index in [0.717, 1.165) is 5.56 Å². The van der Waals surface area contributed by atoms with Crippen LogP contribution < -0.4 is 4.74 Å². The van der Waals surface area contributed by atoms with Gasteiger partial charge in [-0.25, -0.2) is 4.98 Å². The average molecular weight is 524 g/mol. The summed E-state index contributed by atoms with van der Waals surface area (Å²) in [6, 6.07) is 10.9. The molecule has 2 aromatic heterocycles. The van der Waals surface area contributed by atoms with E-state index >= 15 is 0 Å². The van der Waals surface area contributed by atoms with Crippen LogP contribution in [0.2, 0.25) is 0 Å². The predicted molar refractivity (Wildman–Crippen MR) is 135 cm³/mol. The summed E-state index contributed by atoms with van der Waals surface area (Å²) in [6.07, 6.45) is 0.901. The van der Waals surface area contributed by atoms with Crippen molar-refractivity contribution < 1.29 is 28.7 Å². The highest BCUT2D eigenvalue weighted by molar-refractivity contribution is 5.92. The summed E-state index contributed by atoms with van der Waals surface area (Å²) in [4.78, 5) is 38.0. The lowest BCUT2D eigenvalue weighted by molar-refractivity contribution is -0.135. The highest BCUT2D eigenvalue weighted by Gasteiger charge is 2.42. The number of aliphatic hydroxyl groups is 1. The Kier molecular flexibility index (Phi) is 7.48. The summed E-state index contributed by atoms with van der Waals surface area (Å²) < 4.78 is 16.4. The van der Waals surface area contributed by atoms with Crippen molar-refractivity contribution in [2.24, 2.45) is 5.92 Å². The van der Waals surface area contributed by atoms with Gasteiger partial charge in [0, 0.05) is 25.6 Å². The normalized spacial score (nSPS) is 22.6. The zero-order valence-corrected chi connectivity index (χ0v) is 21.7. The number of rotatable bonds is 7. The molecule has 2 unspecified atom stereocenters. The maximum atomic E-state index is 13.7. The minimum Gasteiger partial charge on any atom is -0.479 e. The van der Waals surface area contributed by atoms with Crippen molar-refractivity contribution in [1.82, 2.24) is 24.9 Å². The first-order valence-electron chi connectivity index (χ1n) is 12.9. The molecule has 202 valence electrons. The Morgan fingerprint density at radius 2 is 2.00 bits per heavy atom. The van der Waals surface area contributed by atoms with Gasteiger partial charge in [-0.15, -0.1) is 0 Å². The molecule has 2 fully saturated rings. The van der Waals surface area contributed by atoms with Gasteiger partial charge in [0.05, 0.1) is 38.6 Å². The molecule has 1 aromatic carbocycles. The quantitative estimate of drug-likeness (QED) is 0.483. The third-order valence-corrected chi connectivity index (χ3v) is 7.18. The number of morpholine rings is 1. The summed E-state index contributed by atoms with van der Waals surface area (Å²) in [5.74, 6) is 0.0658. The summed E-state index contributed by atoms with van der Waals surface area (Å²) in [7, 11) is 1.48. The molecular formula is C27H33N5O6. The predicted octanol–water partition coefficient (Wildman–Crippen LogP) is 2.69. The van der Waals surface area contributed by atoms with Crippen LogP contribution in [-0.4, -0.2) is 81.3 Å². The number of amides is 2. The number of hydrogen-bond donors (Lipinski definition) is 2. The number of aliphatic hydroxyl groups excluding tert-OH is 1. The number of β-amino-alcohol motifs (C(OH)–C–C–N with tert-alkyl or cyclic N) is 1. The molecule has 0 aliphatic carbocycles. The summed E-state index contributed by atoms with van der Waals surface area (Å²) in [5.41, 5.74) is 1.36. The zero-order valence-electron chi connectivity index (χ0n) is 21.7. The van der Waals surface area contributed by atoms with Crippen molar-refractivity contribution >= 4 is 11.8 Å². The third-order valence-electron chi connectivity index (χ3n) is 7.18. The van der Waals surface area contributed by atoms with E-state index in [-0.39, 0.29) is 30.4 Å². The summed E-state index contributed by atoms with van der Waals surface area (Å²) >= 11 is 0. The summed E-state index contributed by atoms with van der Waals surface area (Å²) in [5, 5.41) is 14.3. The van der Waals surface area contributed by atoms with Gasteiger partial charge < -0.3 is 33.9 Å². The smallest absolute Gasteiger partial charge is 0.272 e. The van der Waals surface area contributed by atoms with E-state index in [0.29, 0.717) is 49.3 Å². The molecule has 0 spiro atoms. The molecule has 2 aliphatic rings. The molecule has 38 heavy (non-hydrogen) atoms. The van der Waals surface area contributed by atoms with Gasteiger partial charge in [0.1, 0.15) is 23.5 Å². The first-order chi connectivity index (χ1) is 18.4. The van der Waals surface area contributed by atoms with E-state index in [1.807, 2.05) is 44.2 Å². The summed E-state index contributed by atoms with van der Waals surface area (Å²) in [6.45, 7) is 5.35. The van der Waals surface area contributed by atoms with Gasteiger partial charge in [-0.1, -0.05) is 44.2 Å². The monoisotopic (exact) mass is 523 g/mol. The Bertz CT molecular complexity index is 1260. The average Bonchev–Trinajstić information content (AvgIpc) is 3.68. The Morgan fingerprint density at radius 1 is 1.21 bits per heavy atom. The number of hydrogen-bond acceptors (Lipinski definition) is 8. The van der Waals surface area contributed by atoms with Gasteiger partial charge in [-0.3, -0.25) is 9.59 Å². The molecule has 5 rings (SSSR count). The molecule has 2 N–H and O–H groups in total. The van der Waals surface area contributed by atoms with Crippen molar-refractivity contribution in [3.63, 3.8) is 0 Å². The second kappa shape index (κ2) is 11.0. The molecule has 2 amide bonds. The van der Waals surface area contributed by atoms with Gasteiger partial charge in [0.2, 0.25) is 5.91 Å². The molecule has 4 atom stereocenters. The van der Waals surface area contributed by atoms with Gasteiger partial charge in [0.25, 0.3) is 11.8 Å². The van der Waals surface area contributed by atoms with E-state index < -0.39 is 18.1 Å². The van der Waals surface area contributed by atoms with Crippen LogP contribution in [0.25, 0.3) is 0 Å². The first kappa shape index (κ1) is 25.9. The van der Waals surface area contributed by atoms with Crippen molar-refractivity contribution in [2.45, 2.75) is 44.4 Å². The molecule has 3 aromatic rings. The van der Waals surface area contributed by atoms with E-state index in [2.05, 4.69) is 15.1 Å². The number of likely N-dealkylation sites (tertiary alicyclic amines) is 1. The highest BCUT2D eigenvalue weighted by atomic mass is 16.5. The number of nitrogens with zero attached hydrogens (tertiary/aromatic N) is 4. The number of carbonyl (C=O) groups excluding carboxylic acids is 2. The maximum Gasteiger partial charge on any atom is 0.272 e. The van der Waals surface area contributed by atoms with Gasteiger partial charge in [-0.2, -0.15) is 0 Å². The van der Waals surface area contributed by atoms with Crippen LogP contribution >= 0.6 is 0 Å². The van der Waals surface area contributed by atoms with Gasteiger partial charge in [0.15, 0.2) is 5.76 Å². The second-order valence-corrected chi connectivity index (χ2v) is 10.1. The number of H-pyrrole nitrogens is 1. The van der Waals surface area contributed by atoms with Crippen LogP contribution in [0.3, 0.4) is 0 Å². The van der Waals surface area contributed by atoms with Crippen LogP contribution in [0.5, 0.6) is 5.88 Å². The molecule has 2 saturated heterocycles. The van der Waals surface area contributed by atoms with E-state index in [1.165, 1.54) is 13.3 Å². The van der Waals surface area contributed by atoms with Crippen LogP contribution in [0, 0.1) is 5.92 Å². The van der Waals surface area contributed by atoms with E-state index in [9.17, 15) is 14.7 Å². The first-order valence-corrected chi connectivity index (χ1v) is 12.9. The molecule has 2 aliphatic heterocycles. The van der Waals surface area contributed by atoms with Crippen molar-refractivity contribution in [1.29, 1.82) is 0 Å². The highest BCUT2D eigenvalue weighted by Crippen LogP contribution is 2.37. The van der Waals surface area contributed by atoms with E-state index in [1.54, 1.807) is 15.9 Å².